The Labute approximate surface area is 165 Å². The first-order valence-corrected chi connectivity index (χ1v) is 9.34. The van der Waals surface area contributed by atoms with E-state index in [1.807, 2.05) is 0 Å². The van der Waals surface area contributed by atoms with Gasteiger partial charge in [-0.25, -0.2) is 4.79 Å². The Balaban J connectivity index is 2.25. The zero-order chi connectivity index (χ0) is 20.6. The monoisotopic (exact) mass is 400 g/mol. The molecule has 2 rings (SSSR count). The summed E-state index contributed by atoms with van der Waals surface area (Å²) >= 11 is 6.73. The molecule has 2 amide bonds. The third-order valence-corrected chi connectivity index (χ3v) is 7.46. The van der Waals surface area contributed by atoms with Gasteiger partial charge in [0.25, 0.3) is 0 Å². The minimum absolute atomic E-state index is 0.129. The molecule has 1 heterocycles. The van der Waals surface area contributed by atoms with Crippen LogP contribution in [-0.4, -0.2) is 64.4 Å². The van der Waals surface area contributed by atoms with Crippen LogP contribution in [0.2, 0.25) is 0 Å². The minimum atomic E-state index is -0.894. The number of hydrogen-bond acceptors (Lipinski definition) is 5. The summed E-state index contributed by atoms with van der Waals surface area (Å²) in [5.74, 6) is 0. The number of aliphatic hydroxyl groups is 2. The lowest BCUT2D eigenvalue weighted by atomic mass is 10.0. The van der Waals surface area contributed by atoms with Crippen molar-refractivity contribution in [2.24, 2.45) is 10.8 Å². The van der Waals surface area contributed by atoms with Crippen LogP contribution in [0.5, 0.6) is 0 Å². The van der Waals surface area contributed by atoms with Crippen LogP contribution in [0, 0.1) is 10.8 Å². The molecule has 1 saturated carbocycles. The Bertz CT molecular complexity index is 644. The Kier molecular flexibility index (Phi) is 6.11. The lowest BCUT2D eigenvalue weighted by Crippen LogP contribution is -2.42. The molecule has 1 aliphatic carbocycles. The van der Waals surface area contributed by atoms with Crippen LogP contribution >= 0.6 is 11.6 Å². The molecule has 7 nitrogen and oxygen atoms in total. The Morgan fingerprint density at radius 2 is 1.93 bits per heavy atom. The van der Waals surface area contributed by atoms with E-state index in [0.29, 0.717) is 6.29 Å². The Morgan fingerprint density at radius 3 is 2.33 bits per heavy atom. The van der Waals surface area contributed by atoms with Gasteiger partial charge in [0.05, 0.1) is 17.6 Å². The maximum atomic E-state index is 12.3. The van der Waals surface area contributed by atoms with Gasteiger partial charge in [-0.15, -0.1) is 11.6 Å². The van der Waals surface area contributed by atoms with Gasteiger partial charge in [0.2, 0.25) is 0 Å². The highest BCUT2D eigenvalue weighted by molar-refractivity contribution is 6.29. The van der Waals surface area contributed by atoms with Crippen LogP contribution in [-0.2, 0) is 9.53 Å². The number of rotatable bonds is 6. The van der Waals surface area contributed by atoms with E-state index in [0.717, 1.165) is 0 Å². The minimum Gasteiger partial charge on any atom is -0.394 e. The van der Waals surface area contributed by atoms with Gasteiger partial charge in [0, 0.05) is 25.2 Å². The predicted molar refractivity (Wildman–Crippen MR) is 102 cm³/mol. The van der Waals surface area contributed by atoms with Crippen LogP contribution in [0.15, 0.2) is 23.9 Å². The van der Waals surface area contributed by atoms with Crippen LogP contribution in [0.3, 0.4) is 0 Å². The number of aliphatic hydroxyl groups excluding tert-OH is 2. The Hall–Kier alpha value is -1.41. The number of carbonyl (C=O) groups excluding carboxylic acids is 2. The number of alkyl halides is 1. The van der Waals surface area contributed by atoms with Crippen LogP contribution in [0.4, 0.5) is 4.79 Å². The first kappa shape index (κ1) is 21.9. The van der Waals surface area contributed by atoms with E-state index in [1.54, 1.807) is 12.2 Å². The van der Waals surface area contributed by atoms with Crippen molar-refractivity contribution in [3.8, 4) is 0 Å². The van der Waals surface area contributed by atoms with Crippen molar-refractivity contribution in [1.82, 2.24) is 10.2 Å². The molecule has 0 aromatic rings. The molecule has 0 spiro atoms. The molecular formula is C19H29ClN2O5. The van der Waals surface area contributed by atoms with Gasteiger partial charge in [-0.05, 0) is 10.8 Å². The van der Waals surface area contributed by atoms with E-state index in [-0.39, 0.29) is 29.4 Å². The molecule has 0 aromatic heterocycles. The number of aldehydes is 1. The average molecular weight is 401 g/mol. The highest BCUT2D eigenvalue weighted by Crippen LogP contribution is 2.75. The molecule has 0 bridgehead atoms. The lowest BCUT2D eigenvalue weighted by Gasteiger charge is -2.25. The highest BCUT2D eigenvalue weighted by atomic mass is 35.5. The Morgan fingerprint density at radius 1 is 1.33 bits per heavy atom. The SMILES string of the molecule is CNC(=O)N(/C=C(C=O)/C=C/C1(Cl)C(C)(C)C1(C)C)[C@H]1C[C@H](O)[C@@H](CO)O1. The van der Waals surface area contributed by atoms with Gasteiger partial charge in [0.1, 0.15) is 12.3 Å². The van der Waals surface area contributed by atoms with Gasteiger partial charge in [-0.1, -0.05) is 39.8 Å². The number of nitrogens with one attached hydrogen (secondary N) is 1. The molecule has 0 radical (unpaired) electrons. The van der Waals surface area contributed by atoms with E-state index < -0.39 is 29.3 Å². The molecule has 3 atom stereocenters. The average Bonchev–Trinajstić information content (AvgIpc) is 2.90. The smallest absolute Gasteiger partial charge is 0.323 e. The molecule has 0 aromatic carbocycles. The molecule has 2 fully saturated rings. The molecule has 152 valence electrons. The predicted octanol–water partition coefficient (Wildman–Crippen LogP) is 1.78. The van der Waals surface area contributed by atoms with Crippen molar-refractivity contribution < 1.29 is 24.5 Å². The van der Waals surface area contributed by atoms with Crippen molar-refractivity contribution in [3.63, 3.8) is 0 Å². The molecule has 8 heteroatoms. The van der Waals surface area contributed by atoms with Gasteiger partial charge in [-0.2, -0.15) is 0 Å². The number of allylic oxidation sites excluding steroid dienone is 3. The summed E-state index contributed by atoms with van der Waals surface area (Å²) < 4.78 is 5.53. The van der Waals surface area contributed by atoms with Crippen LogP contribution < -0.4 is 5.32 Å². The van der Waals surface area contributed by atoms with Crippen molar-refractivity contribution >= 4 is 23.9 Å². The normalized spacial score (nSPS) is 31.0. The van der Waals surface area contributed by atoms with Gasteiger partial charge < -0.3 is 20.3 Å². The second-order valence-electron chi connectivity index (χ2n) is 8.12. The fourth-order valence-electron chi connectivity index (χ4n) is 3.64. The summed E-state index contributed by atoms with van der Waals surface area (Å²) in [5, 5.41) is 21.6. The summed E-state index contributed by atoms with van der Waals surface area (Å²) in [7, 11) is 1.46. The second kappa shape index (κ2) is 7.54. The summed E-state index contributed by atoms with van der Waals surface area (Å²) in [4.78, 5) is 24.4. The third-order valence-electron chi connectivity index (χ3n) is 6.39. The van der Waals surface area contributed by atoms with Crippen molar-refractivity contribution in [1.29, 1.82) is 0 Å². The van der Waals surface area contributed by atoms with Gasteiger partial charge in [0.15, 0.2) is 6.29 Å². The molecule has 0 unspecified atom stereocenters. The fourth-order valence-corrected chi connectivity index (χ4v) is 4.13. The fraction of sp³-hybridized carbons (Fsp3) is 0.684. The van der Waals surface area contributed by atoms with E-state index in [4.69, 9.17) is 16.3 Å². The summed E-state index contributed by atoms with van der Waals surface area (Å²) in [6.07, 6.45) is 3.05. The summed E-state index contributed by atoms with van der Waals surface area (Å²) in [5.41, 5.74) is -0.0401. The molecule has 1 aliphatic heterocycles. The van der Waals surface area contributed by atoms with Crippen molar-refractivity contribution in [2.45, 2.75) is 57.4 Å². The highest BCUT2D eigenvalue weighted by Gasteiger charge is 2.75. The number of halogens is 1. The van der Waals surface area contributed by atoms with Crippen LogP contribution in [0.1, 0.15) is 34.1 Å². The maximum absolute atomic E-state index is 12.3. The lowest BCUT2D eigenvalue weighted by molar-refractivity contribution is -0.104. The van der Waals surface area contributed by atoms with Crippen LogP contribution in [0.25, 0.3) is 0 Å². The van der Waals surface area contributed by atoms with Gasteiger partial charge in [-0.3, -0.25) is 9.69 Å². The van der Waals surface area contributed by atoms with E-state index in [2.05, 4.69) is 33.0 Å². The zero-order valence-corrected chi connectivity index (χ0v) is 17.2. The standard InChI is InChI=1S/C19H29ClN2O5/c1-17(2)18(3,4)19(17,20)7-6-12(10-23)9-22(16(26)21-5)15-8-13(25)14(11-24)27-15/h6-7,9-10,13-15,24-25H,8,11H2,1-5H3,(H,21,26)/b7-6+,12-9-/t13-,14+,15+/m0/s1. The molecule has 3 N–H and O–H groups in total. The molecular weight excluding hydrogens is 372 g/mol. The number of urea groups is 1. The van der Waals surface area contributed by atoms with E-state index in [9.17, 15) is 19.8 Å². The number of ether oxygens (including phenoxy) is 1. The van der Waals surface area contributed by atoms with Crippen molar-refractivity contribution in [3.05, 3.63) is 23.9 Å². The number of amides is 2. The molecule has 2 aliphatic rings. The topological polar surface area (TPSA) is 99.1 Å². The number of hydrogen-bond donors (Lipinski definition) is 3. The van der Waals surface area contributed by atoms with Crippen molar-refractivity contribution in [2.75, 3.05) is 13.7 Å². The maximum Gasteiger partial charge on any atom is 0.323 e. The first-order chi connectivity index (χ1) is 12.5. The quantitative estimate of drug-likeness (QED) is 0.273. The largest absolute Gasteiger partial charge is 0.394 e. The summed E-state index contributed by atoms with van der Waals surface area (Å²) in [6.45, 7) is 7.90. The number of carbonyl (C=O) groups is 2. The molecule has 1 saturated heterocycles. The summed E-state index contributed by atoms with van der Waals surface area (Å²) in [6, 6.07) is -0.494. The zero-order valence-electron chi connectivity index (χ0n) is 16.4. The van der Waals surface area contributed by atoms with E-state index >= 15 is 0 Å². The van der Waals surface area contributed by atoms with Gasteiger partial charge >= 0.3 is 6.03 Å². The first-order valence-electron chi connectivity index (χ1n) is 8.96. The second-order valence-corrected chi connectivity index (χ2v) is 8.72. The van der Waals surface area contributed by atoms with E-state index in [1.165, 1.54) is 18.1 Å². The molecule has 27 heavy (non-hydrogen) atoms. The number of nitrogens with zero attached hydrogens (tertiary/aromatic N) is 1. The third kappa shape index (κ3) is 3.53.